The Kier molecular flexibility index (Phi) is 5.09. The number of benzene rings is 2. The minimum atomic E-state index is -0.893. The van der Waals surface area contributed by atoms with E-state index in [0.717, 1.165) is 11.8 Å². The minimum Gasteiger partial charge on any atom is -0.355 e. The number of nitrogens with zero attached hydrogens (tertiary/aromatic N) is 1. The Labute approximate surface area is 148 Å². The zero-order valence-electron chi connectivity index (χ0n) is 13.1. The van der Waals surface area contributed by atoms with Gasteiger partial charge in [-0.25, -0.2) is 9.82 Å². The fraction of sp³-hybridized carbons (Fsp3) is 0.167. The van der Waals surface area contributed by atoms with Crippen molar-refractivity contribution in [2.24, 2.45) is 11.0 Å². The summed E-state index contributed by atoms with van der Waals surface area (Å²) in [6.45, 7) is 0.379. The predicted molar refractivity (Wildman–Crippen MR) is 92.8 cm³/mol. The fourth-order valence-electron chi connectivity index (χ4n) is 2.80. The van der Waals surface area contributed by atoms with Gasteiger partial charge in [-0.05, 0) is 17.7 Å². The maximum atomic E-state index is 13.7. The molecule has 1 fully saturated rings. The molecule has 2 N–H and O–H groups in total. The van der Waals surface area contributed by atoms with E-state index >= 15 is 0 Å². The van der Waals surface area contributed by atoms with Crippen molar-refractivity contribution >= 4 is 29.6 Å². The minimum absolute atomic E-state index is 0.0694. The molecule has 2 aromatic rings. The Morgan fingerprint density at radius 1 is 1.24 bits per heavy atom. The molecule has 25 heavy (non-hydrogen) atoms. The van der Waals surface area contributed by atoms with Crippen LogP contribution in [0.4, 0.5) is 4.39 Å². The van der Waals surface area contributed by atoms with Crippen molar-refractivity contribution < 1.29 is 14.0 Å². The molecule has 0 saturated carbocycles. The smallest absolute Gasteiger partial charge is 0.253 e. The van der Waals surface area contributed by atoms with Crippen LogP contribution in [0.5, 0.6) is 0 Å². The van der Waals surface area contributed by atoms with Gasteiger partial charge in [-0.3, -0.25) is 9.59 Å². The monoisotopic (exact) mass is 359 g/mol. The van der Waals surface area contributed by atoms with Gasteiger partial charge in [-0.1, -0.05) is 48.0 Å². The largest absolute Gasteiger partial charge is 0.355 e. The van der Waals surface area contributed by atoms with Crippen molar-refractivity contribution in [1.29, 1.82) is 0 Å². The van der Waals surface area contributed by atoms with Gasteiger partial charge >= 0.3 is 0 Å². The third kappa shape index (κ3) is 3.69. The van der Waals surface area contributed by atoms with Crippen LogP contribution in [0.2, 0.25) is 5.02 Å². The second-order valence-electron chi connectivity index (χ2n) is 5.61. The van der Waals surface area contributed by atoms with Crippen LogP contribution in [0.15, 0.2) is 53.6 Å². The molecule has 2 aromatic carbocycles. The Balaban J connectivity index is 1.73. The molecule has 0 aliphatic carbocycles. The standard InChI is InChI=1S/C18H15ClFN3O2/c19-14-7-4-8-15(20)13(14)10-22-23-18(25)16-12(9-21-17(16)24)11-5-2-1-3-6-11/h1-8,10,12,16H,9H2,(H,21,24)(H,23,25). The van der Waals surface area contributed by atoms with Crippen LogP contribution >= 0.6 is 11.6 Å². The molecule has 0 spiro atoms. The van der Waals surface area contributed by atoms with Gasteiger partial charge in [-0.2, -0.15) is 5.10 Å². The van der Waals surface area contributed by atoms with Crippen LogP contribution < -0.4 is 10.7 Å². The number of carbonyl (C=O) groups is 2. The Morgan fingerprint density at radius 3 is 2.72 bits per heavy atom. The summed E-state index contributed by atoms with van der Waals surface area (Å²) in [5, 5.41) is 6.61. The van der Waals surface area contributed by atoms with E-state index in [1.54, 1.807) is 0 Å². The number of amides is 2. The summed E-state index contributed by atoms with van der Waals surface area (Å²) >= 11 is 5.89. The van der Waals surface area contributed by atoms with E-state index in [2.05, 4.69) is 15.8 Å². The fourth-order valence-corrected chi connectivity index (χ4v) is 3.01. The molecule has 2 unspecified atom stereocenters. The van der Waals surface area contributed by atoms with Gasteiger partial charge in [-0.15, -0.1) is 0 Å². The Morgan fingerprint density at radius 2 is 2.00 bits per heavy atom. The van der Waals surface area contributed by atoms with Crippen molar-refractivity contribution in [2.45, 2.75) is 5.92 Å². The van der Waals surface area contributed by atoms with Gasteiger partial charge in [0.2, 0.25) is 5.91 Å². The van der Waals surface area contributed by atoms with Crippen LogP contribution in [-0.2, 0) is 9.59 Å². The molecule has 7 heteroatoms. The third-order valence-electron chi connectivity index (χ3n) is 4.06. The molecule has 5 nitrogen and oxygen atoms in total. The number of hydrogen-bond acceptors (Lipinski definition) is 3. The first-order valence-corrected chi connectivity index (χ1v) is 8.05. The van der Waals surface area contributed by atoms with Crippen molar-refractivity contribution in [3.63, 3.8) is 0 Å². The van der Waals surface area contributed by atoms with Gasteiger partial charge in [0.1, 0.15) is 11.7 Å². The van der Waals surface area contributed by atoms with E-state index in [0.29, 0.717) is 6.54 Å². The van der Waals surface area contributed by atoms with Crippen LogP contribution in [0.3, 0.4) is 0 Å². The lowest BCUT2D eigenvalue weighted by Crippen LogP contribution is -2.34. The number of carbonyl (C=O) groups excluding carboxylic acids is 2. The zero-order chi connectivity index (χ0) is 17.8. The summed E-state index contributed by atoms with van der Waals surface area (Å²) in [6, 6.07) is 13.5. The molecule has 1 saturated heterocycles. The van der Waals surface area contributed by atoms with Crippen molar-refractivity contribution in [1.82, 2.24) is 10.7 Å². The second-order valence-corrected chi connectivity index (χ2v) is 6.02. The summed E-state index contributed by atoms with van der Waals surface area (Å²) in [5.74, 6) is -2.62. The highest BCUT2D eigenvalue weighted by atomic mass is 35.5. The zero-order valence-corrected chi connectivity index (χ0v) is 13.8. The first-order chi connectivity index (χ1) is 12.1. The Bertz CT molecular complexity index is 806. The van der Waals surface area contributed by atoms with E-state index in [1.165, 1.54) is 18.2 Å². The van der Waals surface area contributed by atoms with Crippen molar-refractivity contribution in [3.05, 3.63) is 70.5 Å². The van der Waals surface area contributed by atoms with Gasteiger partial charge in [0.15, 0.2) is 0 Å². The SMILES string of the molecule is O=C1NCC(c2ccccc2)C1C(=O)NN=Cc1c(F)cccc1Cl. The third-order valence-corrected chi connectivity index (χ3v) is 4.39. The van der Waals surface area contributed by atoms with Gasteiger partial charge < -0.3 is 5.32 Å². The van der Waals surface area contributed by atoms with Gasteiger partial charge in [0.05, 0.1) is 11.2 Å². The molecule has 0 radical (unpaired) electrons. The maximum absolute atomic E-state index is 13.7. The number of hydrazone groups is 1. The first-order valence-electron chi connectivity index (χ1n) is 7.67. The molecule has 128 valence electrons. The van der Waals surface area contributed by atoms with E-state index in [4.69, 9.17) is 11.6 Å². The first kappa shape index (κ1) is 17.1. The molecule has 0 bridgehead atoms. The average molecular weight is 360 g/mol. The highest BCUT2D eigenvalue weighted by molar-refractivity contribution is 6.33. The summed E-state index contributed by atoms with van der Waals surface area (Å²) < 4.78 is 13.7. The number of halogens is 2. The highest BCUT2D eigenvalue weighted by Crippen LogP contribution is 2.29. The molecule has 1 aliphatic heterocycles. The van der Waals surface area contributed by atoms with E-state index in [1.807, 2.05) is 30.3 Å². The summed E-state index contributed by atoms with van der Waals surface area (Å²) in [4.78, 5) is 24.4. The van der Waals surface area contributed by atoms with Crippen LogP contribution in [0.1, 0.15) is 17.0 Å². The number of nitrogens with one attached hydrogen (secondary N) is 2. The molecule has 1 heterocycles. The highest BCUT2D eigenvalue weighted by Gasteiger charge is 2.40. The predicted octanol–water partition coefficient (Wildman–Crippen LogP) is 2.46. The van der Waals surface area contributed by atoms with Crippen molar-refractivity contribution in [2.75, 3.05) is 6.54 Å². The number of hydrogen-bond donors (Lipinski definition) is 2. The lowest BCUT2D eigenvalue weighted by atomic mass is 9.88. The lowest BCUT2D eigenvalue weighted by Gasteiger charge is -2.15. The average Bonchev–Trinajstić information content (AvgIpc) is 3.00. The summed E-state index contributed by atoms with van der Waals surface area (Å²) in [5.41, 5.74) is 3.26. The summed E-state index contributed by atoms with van der Waals surface area (Å²) in [7, 11) is 0. The van der Waals surface area contributed by atoms with Crippen molar-refractivity contribution in [3.8, 4) is 0 Å². The normalized spacial score (nSPS) is 19.8. The Hall–Kier alpha value is -2.73. The van der Waals surface area contributed by atoms with E-state index < -0.39 is 17.6 Å². The van der Waals surface area contributed by atoms with Crippen LogP contribution in [0.25, 0.3) is 0 Å². The molecule has 1 aliphatic rings. The van der Waals surface area contributed by atoms with Crippen LogP contribution in [-0.4, -0.2) is 24.6 Å². The summed E-state index contributed by atoms with van der Waals surface area (Å²) in [6.07, 6.45) is 1.12. The topological polar surface area (TPSA) is 70.6 Å². The van der Waals surface area contributed by atoms with E-state index in [9.17, 15) is 14.0 Å². The number of rotatable bonds is 4. The van der Waals surface area contributed by atoms with E-state index in [-0.39, 0.29) is 22.4 Å². The molecule has 2 atom stereocenters. The van der Waals surface area contributed by atoms with Crippen LogP contribution in [0, 0.1) is 11.7 Å². The lowest BCUT2D eigenvalue weighted by molar-refractivity contribution is -0.133. The quantitative estimate of drug-likeness (QED) is 0.500. The molecular formula is C18H15ClFN3O2. The van der Waals surface area contributed by atoms with Gasteiger partial charge in [0, 0.05) is 18.0 Å². The molecular weight excluding hydrogens is 345 g/mol. The maximum Gasteiger partial charge on any atom is 0.253 e. The molecule has 0 aromatic heterocycles. The molecule has 2 amide bonds. The van der Waals surface area contributed by atoms with Gasteiger partial charge in [0.25, 0.3) is 5.91 Å². The second kappa shape index (κ2) is 7.44. The molecule has 3 rings (SSSR count).